The predicted octanol–water partition coefficient (Wildman–Crippen LogP) is 1.78. The van der Waals surface area contributed by atoms with Crippen molar-refractivity contribution in [2.45, 2.75) is 32.0 Å². The Kier molecular flexibility index (Phi) is 6.67. The van der Waals surface area contributed by atoms with Gasteiger partial charge < -0.3 is 15.5 Å². The summed E-state index contributed by atoms with van der Waals surface area (Å²) in [5, 5.41) is 23.1. The third-order valence-electron chi connectivity index (χ3n) is 6.68. The van der Waals surface area contributed by atoms with E-state index in [4.69, 9.17) is 10.8 Å². The molecule has 2 aliphatic heterocycles. The maximum Gasteiger partial charge on any atom is 0.347 e. The van der Waals surface area contributed by atoms with Crippen molar-refractivity contribution >= 4 is 41.6 Å². The number of carbonyl (C=O) groups is 4. The number of hydrogen-bond acceptors (Lipinski definition) is 6. The summed E-state index contributed by atoms with van der Waals surface area (Å²) in [6.07, 6.45) is 1.59. The smallest absolute Gasteiger partial charge is 0.334 e. The van der Waals surface area contributed by atoms with Gasteiger partial charge in [-0.25, -0.2) is 14.1 Å². The fourth-order valence-corrected chi connectivity index (χ4v) is 4.61. The van der Waals surface area contributed by atoms with Gasteiger partial charge in [-0.3, -0.25) is 25.7 Å². The molecule has 5 amide bonds. The number of likely N-dealkylation sites (N-methyl/N-ethyl adjacent to an activating group) is 1. The zero-order chi connectivity index (χ0) is 26.0. The molecule has 0 aliphatic carbocycles. The highest BCUT2D eigenvalue weighted by molar-refractivity contribution is 6.03. The first-order chi connectivity index (χ1) is 17.1. The molecular weight excluding hydrogens is 462 g/mol. The van der Waals surface area contributed by atoms with Gasteiger partial charge in [-0.1, -0.05) is 6.07 Å². The molecule has 36 heavy (non-hydrogen) atoms. The largest absolute Gasteiger partial charge is 0.347 e. The second kappa shape index (κ2) is 9.70. The number of benzene rings is 2. The number of amidine groups is 1. The molecule has 2 aromatic rings. The van der Waals surface area contributed by atoms with Crippen molar-refractivity contribution in [3.05, 3.63) is 64.7 Å². The van der Waals surface area contributed by atoms with E-state index in [1.165, 1.54) is 4.90 Å². The Morgan fingerprint density at radius 3 is 2.58 bits per heavy atom. The molecule has 186 valence electrons. The Morgan fingerprint density at radius 1 is 1.19 bits per heavy atom. The van der Waals surface area contributed by atoms with E-state index in [1.807, 2.05) is 6.07 Å². The molecule has 0 saturated carbocycles. The summed E-state index contributed by atoms with van der Waals surface area (Å²) in [6, 6.07) is 11.1. The van der Waals surface area contributed by atoms with Gasteiger partial charge in [-0.05, 0) is 42.0 Å². The SMILES string of the molecule is CN(C=N)C(=N)c1ccc(NC(=O)NCc2ccc3c(c2)C[N+](C)(C2CCC(=O)NC2=O)C3=O)cc1. The first kappa shape index (κ1) is 24.7. The zero-order valence-corrected chi connectivity index (χ0v) is 20.1. The number of carbonyl (C=O) groups excluding carboxylic acids is 4. The Hall–Kier alpha value is -4.38. The third kappa shape index (κ3) is 4.73. The van der Waals surface area contributed by atoms with Crippen LogP contribution in [0.4, 0.5) is 10.5 Å². The summed E-state index contributed by atoms with van der Waals surface area (Å²) in [6.45, 7) is 0.581. The minimum Gasteiger partial charge on any atom is -0.334 e. The van der Waals surface area contributed by atoms with Gasteiger partial charge >= 0.3 is 11.9 Å². The van der Waals surface area contributed by atoms with Crippen molar-refractivity contribution in [1.82, 2.24) is 15.5 Å². The number of urea groups is 1. The molecule has 2 heterocycles. The predicted molar refractivity (Wildman–Crippen MR) is 133 cm³/mol. The lowest BCUT2D eigenvalue weighted by Crippen LogP contribution is -2.61. The van der Waals surface area contributed by atoms with E-state index in [2.05, 4.69) is 16.0 Å². The van der Waals surface area contributed by atoms with E-state index in [-0.39, 0.29) is 35.1 Å². The molecule has 1 fully saturated rings. The van der Waals surface area contributed by atoms with Gasteiger partial charge in [-0.15, -0.1) is 0 Å². The van der Waals surface area contributed by atoms with Crippen LogP contribution in [0.25, 0.3) is 0 Å². The topological polar surface area (TPSA) is 155 Å². The van der Waals surface area contributed by atoms with Crippen molar-refractivity contribution in [1.29, 1.82) is 10.8 Å². The molecule has 2 aromatic carbocycles. The number of nitrogens with zero attached hydrogens (tertiary/aromatic N) is 2. The Labute approximate surface area is 208 Å². The van der Waals surface area contributed by atoms with Gasteiger partial charge in [0.05, 0.1) is 18.9 Å². The van der Waals surface area contributed by atoms with Crippen LogP contribution in [0.3, 0.4) is 0 Å². The molecular formula is C25H28N7O4+. The highest BCUT2D eigenvalue weighted by Crippen LogP contribution is 2.34. The number of piperidine rings is 1. The van der Waals surface area contributed by atoms with Crippen molar-refractivity contribution in [3.63, 3.8) is 0 Å². The quantitative estimate of drug-likeness (QED) is 0.181. The number of anilines is 1. The Morgan fingerprint density at radius 2 is 1.92 bits per heavy atom. The fraction of sp³-hybridized carbons (Fsp3) is 0.280. The number of rotatable bonds is 6. The Balaban J connectivity index is 1.36. The molecule has 2 unspecified atom stereocenters. The summed E-state index contributed by atoms with van der Waals surface area (Å²) < 4.78 is -0.102. The van der Waals surface area contributed by atoms with E-state index in [1.54, 1.807) is 50.5 Å². The number of fused-ring (bicyclic) bond motifs is 1. The molecule has 2 atom stereocenters. The number of nitrogens with one attached hydrogen (secondary N) is 5. The van der Waals surface area contributed by atoms with Gasteiger partial charge in [0.2, 0.25) is 5.91 Å². The van der Waals surface area contributed by atoms with Gasteiger partial charge in [0.25, 0.3) is 5.91 Å². The molecule has 5 N–H and O–H groups in total. The van der Waals surface area contributed by atoms with Crippen molar-refractivity contribution in [3.8, 4) is 0 Å². The summed E-state index contributed by atoms with van der Waals surface area (Å²) in [4.78, 5) is 50.8. The maximum absolute atomic E-state index is 13.1. The lowest BCUT2D eigenvalue weighted by atomic mass is 10.0. The molecule has 0 spiro atoms. The zero-order valence-electron chi connectivity index (χ0n) is 20.1. The van der Waals surface area contributed by atoms with Crippen molar-refractivity contribution < 1.29 is 23.7 Å². The van der Waals surface area contributed by atoms with Crippen molar-refractivity contribution in [2.75, 3.05) is 19.4 Å². The standard InChI is InChI=1S/C25H27N7O4/c1-31(14-26)22(27)16-4-6-18(7-5-16)29-25(36)28-12-15-3-8-19-17(11-15)13-32(2,24(19)35)20-9-10-21(33)30-23(20)34/h3-8,11,14,20,26H,9-10,12-13H2,1-2H3,(H3-,27,28,29,30,33,34,36)/p+1. The number of amides is 5. The lowest BCUT2D eigenvalue weighted by Gasteiger charge is -2.35. The van der Waals surface area contributed by atoms with Crippen molar-refractivity contribution in [2.24, 2.45) is 0 Å². The number of hydrogen-bond donors (Lipinski definition) is 5. The van der Waals surface area contributed by atoms with E-state index in [0.717, 1.165) is 17.5 Å². The molecule has 11 heteroatoms. The molecule has 1 saturated heterocycles. The highest BCUT2D eigenvalue weighted by atomic mass is 16.2. The van der Waals surface area contributed by atoms with Crippen LogP contribution in [0.5, 0.6) is 0 Å². The van der Waals surface area contributed by atoms with Crippen LogP contribution < -0.4 is 16.0 Å². The van der Waals surface area contributed by atoms with E-state index in [9.17, 15) is 19.2 Å². The van der Waals surface area contributed by atoms with Gasteiger partial charge in [0.15, 0.2) is 6.04 Å². The minimum atomic E-state index is -0.615. The number of quaternary nitrogens is 1. The van der Waals surface area contributed by atoms with E-state index < -0.39 is 18.0 Å². The van der Waals surface area contributed by atoms with Gasteiger partial charge in [0.1, 0.15) is 12.4 Å². The lowest BCUT2D eigenvalue weighted by molar-refractivity contribution is -0.855. The summed E-state index contributed by atoms with van der Waals surface area (Å²) in [5.74, 6) is -0.715. The van der Waals surface area contributed by atoms with Gasteiger partial charge in [0, 0.05) is 43.2 Å². The minimum absolute atomic E-state index is 0.102. The average molecular weight is 491 g/mol. The fourth-order valence-electron chi connectivity index (χ4n) is 4.61. The van der Waals surface area contributed by atoms with Crippen LogP contribution in [0, 0.1) is 10.8 Å². The maximum atomic E-state index is 13.1. The van der Waals surface area contributed by atoms with Crippen LogP contribution >= 0.6 is 0 Å². The normalized spacial score (nSPS) is 20.8. The monoisotopic (exact) mass is 490 g/mol. The summed E-state index contributed by atoms with van der Waals surface area (Å²) >= 11 is 0. The average Bonchev–Trinajstić information content (AvgIpc) is 3.12. The molecule has 4 rings (SSSR count). The first-order valence-electron chi connectivity index (χ1n) is 11.4. The molecule has 0 bridgehead atoms. The first-order valence-corrected chi connectivity index (χ1v) is 11.4. The van der Waals surface area contributed by atoms with E-state index >= 15 is 0 Å². The van der Waals surface area contributed by atoms with E-state index in [0.29, 0.717) is 29.8 Å². The molecule has 11 nitrogen and oxygen atoms in total. The third-order valence-corrected chi connectivity index (χ3v) is 6.68. The molecule has 0 aromatic heterocycles. The molecule has 2 aliphatic rings. The van der Waals surface area contributed by atoms with Crippen LogP contribution in [0.2, 0.25) is 0 Å². The summed E-state index contributed by atoms with van der Waals surface area (Å²) in [7, 11) is 3.34. The van der Waals surface area contributed by atoms with Gasteiger partial charge in [-0.2, -0.15) is 0 Å². The van der Waals surface area contributed by atoms with Crippen LogP contribution in [0.15, 0.2) is 42.5 Å². The second-order valence-electron chi connectivity index (χ2n) is 9.16. The second-order valence-corrected chi connectivity index (χ2v) is 9.16. The molecule has 0 radical (unpaired) electrons. The summed E-state index contributed by atoms with van der Waals surface area (Å²) in [5.41, 5.74) is 3.34. The highest BCUT2D eigenvalue weighted by Gasteiger charge is 2.51. The van der Waals surface area contributed by atoms with Crippen LogP contribution in [0.1, 0.15) is 39.9 Å². The Bertz CT molecular complexity index is 1270. The number of imide groups is 1. The van der Waals surface area contributed by atoms with Crippen LogP contribution in [-0.2, 0) is 22.7 Å². The van der Waals surface area contributed by atoms with Crippen LogP contribution in [-0.4, -0.2) is 65.4 Å².